The monoisotopic (exact) mass is 192 g/mol. The number of hydrogen-bond donors (Lipinski definition) is 0. The van der Waals surface area contributed by atoms with E-state index >= 15 is 0 Å². The van der Waals surface area contributed by atoms with Crippen LogP contribution in [-0.4, -0.2) is 39.7 Å². The van der Waals surface area contributed by atoms with E-state index in [4.69, 9.17) is 0 Å². The molecule has 1 heterocycles. The largest absolute Gasteiger partial charge is 0.378 e. The van der Waals surface area contributed by atoms with Crippen LogP contribution in [0.3, 0.4) is 0 Å². The summed E-state index contributed by atoms with van der Waals surface area (Å²) >= 11 is 0. The van der Waals surface area contributed by atoms with Crippen LogP contribution in [0.1, 0.15) is 0 Å². The molecule has 6 nitrogen and oxygen atoms in total. The first-order valence-corrected chi connectivity index (χ1v) is 4.16. The summed E-state index contributed by atoms with van der Waals surface area (Å²) in [7, 11) is 3.98. The topological polar surface area (TPSA) is 59.7 Å². The van der Waals surface area contributed by atoms with Gasteiger partial charge < -0.3 is 4.90 Å². The lowest BCUT2D eigenvalue weighted by Crippen LogP contribution is -2.08. The van der Waals surface area contributed by atoms with E-state index in [1.54, 1.807) is 0 Å². The number of benzene rings is 1. The second-order valence-corrected chi connectivity index (χ2v) is 3.06. The van der Waals surface area contributed by atoms with E-state index in [1.807, 2.05) is 43.3 Å². The molecule has 0 bridgehead atoms. The number of rotatable bonds is 2. The van der Waals surface area contributed by atoms with Crippen LogP contribution in [0.2, 0.25) is 0 Å². The summed E-state index contributed by atoms with van der Waals surface area (Å²) < 4.78 is 0. The van der Waals surface area contributed by atoms with Gasteiger partial charge in [-0.2, -0.15) is 0 Å². The standard InChI is InChI=1S/C8H10N6/c1-13(2)7-3-5-8(6-4-7)14-11-9-10-12-14/h3-6H,1-2H3/i9+1,11+1. The molecule has 0 amide bonds. The Kier molecular flexibility index (Phi) is 2.10. The van der Waals surface area contributed by atoms with Gasteiger partial charge in [0, 0.05) is 19.8 Å². The van der Waals surface area contributed by atoms with E-state index in [0.29, 0.717) is 0 Å². The van der Waals surface area contributed by atoms with Crippen LogP contribution in [-0.2, 0) is 0 Å². The Balaban J connectivity index is 2.31. The molecular weight excluding hydrogens is 182 g/mol. The van der Waals surface area contributed by atoms with Crippen molar-refractivity contribution in [2.75, 3.05) is 19.0 Å². The Morgan fingerprint density at radius 2 is 1.57 bits per heavy atom. The molecule has 0 N–H and O–H groups in total. The first-order chi connectivity index (χ1) is 6.77. The smallest absolute Gasteiger partial charge is 0.0894 e. The number of anilines is 1. The summed E-state index contributed by atoms with van der Waals surface area (Å²) in [6.07, 6.45) is 0. The van der Waals surface area contributed by atoms with E-state index in [9.17, 15) is 0 Å². The number of aromatic nitrogens is 5. The highest BCUT2D eigenvalue weighted by Crippen LogP contribution is 2.13. The Labute approximate surface area is 81.1 Å². The van der Waals surface area contributed by atoms with E-state index in [1.165, 1.54) is 4.80 Å². The van der Waals surface area contributed by atoms with Crippen molar-refractivity contribution in [3.63, 3.8) is 0 Å². The van der Waals surface area contributed by atoms with Gasteiger partial charge in [-0.15, -0.1) is 4.80 Å². The quantitative estimate of drug-likeness (QED) is 0.676. The summed E-state index contributed by atoms with van der Waals surface area (Å²) in [6.45, 7) is 0. The molecule has 72 valence electrons. The predicted octanol–water partition coefficient (Wildman–Crippen LogP) is 0.123. The van der Waals surface area contributed by atoms with Crippen molar-refractivity contribution in [1.29, 1.82) is 0 Å². The molecule has 2 aromatic rings. The van der Waals surface area contributed by atoms with Crippen LogP contribution >= 0.6 is 0 Å². The van der Waals surface area contributed by atoms with Crippen LogP contribution < -0.4 is 4.90 Å². The molecule has 0 unspecified atom stereocenters. The van der Waals surface area contributed by atoms with Gasteiger partial charge in [0.25, 0.3) is 0 Å². The highest BCUT2D eigenvalue weighted by atomic mass is 16.3. The second kappa shape index (κ2) is 3.41. The summed E-state index contributed by atoms with van der Waals surface area (Å²) in [6, 6.07) is 7.80. The fraction of sp³-hybridized carbons (Fsp3) is 0.250. The highest BCUT2D eigenvalue weighted by Gasteiger charge is 1.99. The molecular formula is C8H10N6. The van der Waals surface area contributed by atoms with Gasteiger partial charge in [0.05, 0.1) is 5.69 Å². The molecule has 1 aromatic carbocycles. The lowest BCUT2D eigenvalue weighted by atomic mass is 10.3. The van der Waals surface area contributed by atoms with Crippen LogP contribution in [0.15, 0.2) is 24.3 Å². The van der Waals surface area contributed by atoms with Crippen LogP contribution in [0.25, 0.3) is 5.69 Å². The zero-order chi connectivity index (χ0) is 9.97. The first kappa shape index (κ1) is 8.61. The van der Waals surface area contributed by atoms with Gasteiger partial charge >= 0.3 is 0 Å². The highest BCUT2D eigenvalue weighted by molar-refractivity contribution is 5.49. The third-order valence-corrected chi connectivity index (χ3v) is 1.89. The summed E-state index contributed by atoms with van der Waals surface area (Å²) in [5.41, 5.74) is 1.97. The van der Waals surface area contributed by atoms with Crippen molar-refractivity contribution in [3.05, 3.63) is 24.3 Å². The van der Waals surface area contributed by atoms with Crippen molar-refractivity contribution >= 4 is 5.69 Å². The zero-order valence-corrected chi connectivity index (χ0v) is 7.99. The molecule has 0 fully saturated rings. The molecule has 0 saturated carbocycles. The summed E-state index contributed by atoms with van der Waals surface area (Å²) in [5.74, 6) is 0. The maximum atomic E-state index is 3.69. The molecule has 0 atom stereocenters. The summed E-state index contributed by atoms with van der Waals surface area (Å²) in [4.78, 5) is 3.40. The van der Waals surface area contributed by atoms with Crippen molar-refractivity contribution in [1.82, 2.24) is 25.7 Å². The zero-order valence-electron chi connectivity index (χ0n) is 7.99. The maximum absolute atomic E-state index is 3.69. The van der Waals surface area contributed by atoms with Crippen molar-refractivity contribution in [2.24, 2.45) is 0 Å². The number of nitrogens with zero attached hydrogens (tertiary/aromatic N) is 6. The van der Waals surface area contributed by atoms with Gasteiger partial charge in [0.15, 0.2) is 0 Å². The Bertz CT molecular complexity index is 390. The molecule has 0 aliphatic rings. The SMILES string of the molecule is CN(C)c1ccc(-n2nn[15n][15n]2)cc1. The van der Waals surface area contributed by atoms with E-state index < -0.39 is 0 Å². The minimum atomic E-state index is 0.848. The molecule has 6 heteroatoms. The lowest BCUT2D eigenvalue weighted by molar-refractivity contribution is 0.712. The molecule has 14 heavy (non-hydrogen) atoms. The van der Waals surface area contributed by atoms with Crippen molar-refractivity contribution in [3.8, 4) is 5.69 Å². The lowest BCUT2D eigenvalue weighted by Gasteiger charge is -2.11. The molecule has 0 aliphatic heterocycles. The minimum absolute atomic E-state index is 0.848. The first-order valence-electron chi connectivity index (χ1n) is 4.16. The van der Waals surface area contributed by atoms with Crippen molar-refractivity contribution in [2.45, 2.75) is 0 Å². The third kappa shape index (κ3) is 1.54. The Morgan fingerprint density at radius 1 is 1.00 bits per heavy atom. The Hall–Kier alpha value is -1.98. The fourth-order valence-electron chi connectivity index (χ4n) is 1.12. The van der Waals surface area contributed by atoms with Gasteiger partial charge in [-0.1, -0.05) is 0 Å². The minimum Gasteiger partial charge on any atom is -0.378 e. The fourth-order valence-corrected chi connectivity index (χ4v) is 1.12. The molecule has 2 rings (SSSR count). The van der Waals surface area contributed by atoms with Gasteiger partial charge in [-0.3, -0.25) is 0 Å². The average Bonchev–Trinajstić information content (AvgIpc) is 2.71. The normalized spacial score (nSPS) is 10.1. The van der Waals surface area contributed by atoms with Crippen LogP contribution in [0.4, 0.5) is 5.69 Å². The van der Waals surface area contributed by atoms with Gasteiger partial charge in [-0.25, -0.2) is 0 Å². The maximum Gasteiger partial charge on any atom is 0.0894 e. The molecule has 1 aromatic heterocycles. The van der Waals surface area contributed by atoms with Gasteiger partial charge in [-0.05, 0) is 45.1 Å². The predicted molar refractivity (Wildman–Crippen MR) is 51.3 cm³/mol. The van der Waals surface area contributed by atoms with E-state index in [0.717, 1.165) is 11.4 Å². The van der Waals surface area contributed by atoms with E-state index in [2.05, 4.69) is 20.9 Å². The second-order valence-electron chi connectivity index (χ2n) is 3.06. The summed E-state index contributed by atoms with van der Waals surface area (Å²) in [5, 5.41) is 14.2. The van der Waals surface area contributed by atoms with Crippen LogP contribution in [0, 0.1) is 0 Å². The van der Waals surface area contributed by atoms with E-state index in [-0.39, 0.29) is 0 Å². The Morgan fingerprint density at radius 3 is 2.07 bits per heavy atom. The average molecular weight is 192 g/mol. The molecule has 0 spiro atoms. The van der Waals surface area contributed by atoms with Gasteiger partial charge in [0.2, 0.25) is 0 Å². The molecule has 0 aliphatic carbocycles. The van der Waals surface area contributed by atoms with Crippen molar-refractivity contribution < 1.29 is 0 Å². The van der Waals surface area contributed by atoms with Crippen LogP contribution in [0.5, 0.6) is 0 Å². The van der Waals surface area contributed by atoms with Gasteiger partial charge in [0.1, 0.15) is 0 Å². The third-order valence-electron chi connectivity index (χ3n) is 1.89. The molecule has 0 radical (unpaired) electrons. The number of hydrogen-bond acceptors (Lipinski definition) is 5. The molecule has 0 saturated heterocycles.